The summed E-state index contributed by atoms with van der Waals surface area (Å²) in [5.74, 6) is 0.217. The summed E-state index contributed by atoms with van der Waals surface area (Å²) in [5.41, 5.74) is 1.47. The Kier molecular flexibility index (Phi) is 7.06. The second-order valence-electron chi connectivity index (χ2n) is 7.10. The lowest BCUT2D eigenvalue weighted by Gasteiger charge is -2.35. The van der Waals surface area contributed by atoms with E-state index in [0.717, 1.165) is 31.4 Å². The number of hydrogen-bond acceptors (Lipinski definition) is 3. The molecule has 0 aliphatic carbocycles. The Morgan fingerprint density at radius 1 is 1.07 bits per heavy atom. The summed E-state index contributed by atoms with van der Waals surface area (Å²) in [4.78, 5) is 27.2. The van der Waals surface area contributed by atoms with Crippen molar-refractivity contribution in [2.24, 2.45) is 0 Å². The molecule has 3 rings (SSSR count). The van der Waals surface area contributed by atoms with E-state index in [1.54, 1.807) is 18.2 Å². The Morgan fingerprint density at radius 2 is 1.82 bits per heavy atom. The van der Waals surface area contributed by atoms with Gasteiger partial charge in [0.2, 0.25) is 0 Å². The van der Waals surface area contributed by atoms with Crippen molar-refractivity contribution in [3.05, 3.63) is 65.7 Å². The molecule has 5 nitrogen and oxygen atoms in total. The Labute approximate surface area is 166 Å². The lowest BCUT2D eigenvalue weighted by Crippen LogP contribution is -2.45. The van der Waals surface area contributed by atoms with Crippen molar-refractivity contribution in [3.8, 4) is 5.75 Å². The summed E-state index contributed by atoms with van der Waals surface area (Å²) in [6, 6.07) is 17.1. The van der Waals surface area contributed by atoms with Crippen LogP contribution in [-0.2, 0) is 11.3 Å². The largest absolute Gasteiger partial charge is 0.483 e. The fourth-order valence-corrected chi connectivity index (χ4v) is 3.63. The molecular weight excluding hydrogens is 352 g/mol. The van der Waals surface area contributed by atoms with E-state index >= 15 is 0 Å². The Balaban J connectivity index is 1.60. The van der Waals surface area contributed by atoms with E-state index in [-0.39, 0.29) is 18.4 Å². The predicted molar refractivity (Wildman–Crippen MR) is 109 cm³/mol. The molecule has 2 amide bonds. The maximum atomic E-state index is 12.6. The van der Waals surface area contributed by atoms with E-state index in [9.17, 15) is 9.59 Å². The number of benzene rings is 2. The van der Waals surface area contributed by atoms with Crippen molar-refractivity contribution < 1.29 is 14.3 Å². The normalized spacial score (nSPS) is 16.5. The molecule has 1 aliphatic rings. The van der Waals surface area contributed by atoms with Crippen molar-refractivity contribution in [1.82, 2.24) is 10.2 Å². The fourth-order valence-electron chi connectivity index (χ4n) is 3.63. The van der Waals surface area contributed by atoms with Crippen LogP contribution in [0.25, 0.3) is 0 Å². The first-order chi connectivity index (χ1) is 13.7. The van der Waals surface area contributed by atoms with Crippen LogP contribution in [0.3, 0.4) is 0 Å². The second-order valence-corrected chi connectivity index (χ2v) is 7.10. The van der Waals surface area contributed by atoms with E-state index in [2.05, 4.69) is 12.2 Å². The molecule has 2 aromatic rings. The van der Waals surface area contributed by atoms with Crippen molar-refractivity contribution in [1.29, 1.82) is 0 Å². The average molecular weight is 380 g/mol. The molecule has 2 aromatic carbocycles. The van der Waals surface area contributed by atoms with Gasteiger partial charge in [-0.15, -0.1) is 0 Å². The molecule has 1 aliphatic heterocycles. The molecule has 1 fully saturated rings. The number of rotatable bonds is 7. The Morgan fingerprint density at radius 3 is 2.61 bits per heavy atom. The van der Waals surface area contributed by atoms with Gasteiger partial charge in [-0.3, -0.25) is 9.59 Å². The molecule has 148 valence electrons. The van der Waals surface area contributed by atoms with Gasteiger partial charge >= 0.3 is 0 Å². The lowest BCUT2D eigenvalue weighted by atomic mass is 10.00. The topological polar surface area (TPSA) is 58.6 Å². The molecule has 0 spiro atoms. The zero-order valence-corrected chi connectivity index (χ0v) is 16.4. The number of ether oxygens (including phenoxy) is 1. The highest BCUT2D eigenvalue weighted by Gasteiger charge is 2.25. The van der Waals surface area contributed by atoms with Crippen molar-refractivity contribution in [2.75, 3.05) is 13.2 Å². The summed E-state index contributed by atoms with van der Waals surface area (Å²) in [7, 11) is 0. The quantitative estimate of drug-likeness (QED) is 0.795. The number of carbonyl (C=O) groups excluding carboxylic acids is 2. The lowest BCUT2D eigenvalue weighted by molar-refractivity contribution is -0.137. The van der Waals surface area contributed by atoms with Crippen LogP contribution >= 0.6 is 0 Å². The van der Waals surface area contributed by atoms with Crippen LogP contribution in [0.2, 0.25) is 0 Å². The molecule has 0 aromatic heterocycles. The highest BCUT2D eigenvalue weighted by atomic mass is 16.5. The number of nitrogens with one attached hydrogen (secondary N) is 1. The van der Waals surface area contributed by atoms with Crippen LogP contribution in [0, 0.1) is 0 Å². The van der Waals surface area contributed by atoms with Crippen LogP contribution < -0.4 is 10.1 Å². The van der Waals surface area contributed by atoms with Gasteiger partial charge in [-0.05, 0) is 43.4 Å². The van der Waals surface area contributed by atoms with Crippen LogP contribution in [0.15, 0.2) is 54.6 Å². The maximum absolute atomic E-state index is 12.6. The highest BCUT2D eigenvalue weighted by molar-refractivity contribution is 5.97. The van der Waals surface area contributed by atoms with E-state index in [1.807, 2.05) is 41.3 Å². The first-order valence-electron chi connectivity index (χ1n) is 10.0. The first kappa shape index (κ1) is 19.9. The number of nitrogens with zero attached hydrogens (tertiary/aromatic N) is 1. The standard InChI is InChI=1S/C23H28N2O3/c1-2-19-12-8-9-15-25(19)22(26)17-28-21-14-7-6-13-20(21)23(27)24-16-18-10-4-3-5-11-18/h3-7,10-11,13-14,19H,2,8-9,12,15-17H2,1H3,(H,24,27)/t19-/m0/s1. The summed E-state index contributed by atoms with van der Waals surface area (Å²) in [5, 5.41) is 2.91. The number of hydrogen-bond donors (Lipinski definition) is 1. The third kappa shape index (κ3) is 5.12. The highest BCUT2D eigenvalue weighted by Crippen LogP contribution is 2.21. The molecule has 28 heavy (non-hydrogen) atoms. The summed E-state index contributed by atoms with van der Waals surface area (Å²) in [6.45, 7) is 3.31. The number of amides is 2. The van der Waals surface area contributed by atoms with Crippen molar-refractivity contribution >= 4 is 11.8 Å². The fraction of sp³-hybridized carbons (Fsp3) is 0.391. The molecule has 1 N–H and O–H groups in total. The van der Waals surface area contributed by atoms with E-state index in [1.165, 1.54) is 6.42 Å². The van der Waals surface area contributed by atoms with Crippen LogP contribution in [-0.4, -0.2) is 35.9 Å². The van der Waals surface area contributed by atoms with Gasteiger partial charge in [-0.2, -0.15) is 0 Å². The molecule has 1 heterocycles. The summed E-state index contributed by atoms with van der Waals surface area (Å²) < 4.78 is 5.77. The van der Waals surface area contributed by atoms with Gasteiger partial charge in [0.05, 0.1) is 5.56 Å². The number of piperidine rings is 1. The van der Waals surface area contributed by atoms with Gasteiger partial charge in [0, 0.05) is 19.1 Å². The van der Waals surface area contributed by atoms with Crippen LogP contribution in [0.5, 0.6) is 5.75 Å². The zero-order chi connectivity index (χ0) is 19.8. The SMILES string of the molecule is CC[C@H]1CCCCN1C(=O)COc1ccccc1C(=O)NCc1ccccc1. The minimum absolute atomic E-state index is 0.00829. The first-order valence-corrected chi connectivity index (χ1v) is 10.0. The minimum atomic E-state index is -0.212. The summed E-state index contributed by atoms with van der Waals surface area (Å²) >= 11 is 0. The third-order valence-corrected chi connectivity index (χ3v) is 5.20. The second kappa shape index (κ2) is 9.93. The molecule has 0 radical (unpaired) electrons. The van der Waals surface area contributed by atoms with E-state index in [0.29, 0.717) is 23.9 Å². The molecule has 0 unspecified atom stereocenters. The van der Waals surface area contributed by atoms with E-state index < -0.39 is 0 Å². The Bertz CT molecular complexity index is 791. The zero-order valence-electron chi connectivity index (χ0n) is 16.4. The molecular formula is C23H28N2O3. The van der Waals surface area contributed by atoms with Gasteiger partial charge in [-0.25, -0.2) is 0 Å². The predicted octanol–water partition coefficient (Wildman–Crippen LogP) is 3.79. The average Bonchev–Trinajstić information content (AvgIpc) is 2.76. The molecule has 1 atom stereocenters. The smallest absolute Gasteiger partial charge is 0.260 e. The summed E-state index contributed by atoms with van der Waals surface area (Å²) in [6.07, 6.45) is 4.24. The van der Waals surface area contributed by atoms with Gasteiger partial charge in [0.25, 0.3) is 11.8 Å². The monoisotopic (exact) mass is 380 g/mol. The third-order valence-electron chi connectivity index (χ3n) is 5.20. The van der Waals surface area contributed by atoms with Crippen molar-refractivity contribution in [2.45, 2.75) is 45.2 Å². The Hall–Kier alpha value is -2.82. The van der Waals surface area contributed by atoms with Gasteiger partial charge < -0.3 is 15.0 Å². The number of likely N-dealkylation sites (tertiary alicyclic amines) is 1. The molecule has 0 bridgehead atoms. The number of para-hydroxylation sites is 1. The van der Waals surface area contributed by atoms with Gasteiger partial charge in [0.1, 0.15) is 5.75 Å². The van der Waals surface area contributed by atoms with E-state index in [4.69, 9.17) is 4.74 Å². The van der Waals surface area contributed by atoms with Crippen LogP contribution in [0.1, 0.15) is 48.5 Å². The number of carbonyl (C=O) groups is 2. The van der Waals surface area contributed by atoms with Gasteiger partial charge in [-0.1, -0.05) is 49.4 Å². The molecule has 0 saturated carbocycles. The molecule has 5 heteroatoms. The minimum Gasteiger partial charge on any atom is -0.483 e. The maximum Gasteiger partial charge on any atom is 0.260 e. The van der Waals surface area contributed by atoms with Gasteiger partial charge in [0.15, 0.2) is 6.61 Å². The van der Waals surface area contributed by atoms with Crippen LogP contribution in [0.4, 0.5) is 0 Å². The molecule has 1 saturated heterocycles. The van der Waals surface area contributed by atoms with Crippen molar-refractivity contribution in [3.63, 3.8) is 0 Å².